The summed E-state index contributed by atoms with van der Waals surface area (Å²) in [5, 5.41) is 14.8. The minimum atomic E-state index is -0.517. The number of nitrogens with zero attached hydrogens (tertiary/aromatic N) is 2. The van der Waals surface area contributed by atoms with Gasteiger partial charge in [-0.25, -0.2) is 0 Å². The number of halogens is 1. The highest BCUT2D eigenvalue weighted by Crippen LogP contribution is 2.37. The van der Waals surface area contributed by atoms with Gasteiger partial charge in [-0.2, -0.15) is 0 Å². The quantitative estimate of drug-likeness (QED) is 0.395. The lowest BCUT2D eigenvalue weighted by Crippen LogP contribution is -2.36. The summed E-state index contributed by atoms with van der Waals surface area (Å²) in [7, 11) is 4.29. The monoisotopic (exact) mass is 479 g/mol. The molecule has 0 unspecified atom stereocenters. The van der Waals surface area contributed by atoms with Crippen molar-refractivity contribution < 1.29 is 9.90 Å². The predicted octanol–water partition coefficient (Wildman–Crippen LogP) is 6.77. The fourth-order valence-electron chi connectivity index (χ4n) is 4.73. The van der Waals surface area contributed by atoms with E-state index in [0.717, 1.165) is 53.4 Å². The van der Waals surface area contributed by atoms with Crippen LogP contribution in [0.1, 0.15) is 56.8 Å². The molecule has 1 aromatic heterocycles. The molecule has 0 aliphatic heterocycles. The molecular formula is C28H34ClN3O2. The van der Waals surface area contributed by atoms with Gasteiger partial charge in [0.15, 0.2) is 5.78 Å². The Balaban J connectivity index is 1.79. The summed E-state index contributed by atoms with van der Waals surface area (Å²) in [4.78, 5) is 20.4. The lowest BCUT2D eigenvalue weighted by molar-refractivity contribution is 0.0859. The van der Waals surface area contributed by atoms with Crippen molar-refractivity contribution in [3.05, 3.63) is 53.2 Å². The number of aromatic hydroxyl groups is 1. The van der Waals surface area contributed by atoms with Gasteiger partial charge in [0.05, 0.1) is 21.8 Å². The largest absolute Gasteiger partial charge is 0.506 e. The number of pyridine rings is 1. The molecule has 2 N–H and O–H groups in total. The van der Waals surface area contributed by atoms with Gasteiger partial charge in [0.2, 0.25) is 0 Å². The molecule has 0 atom stereocenters. The van der Waals surface area contributed by atoms with Crippen molar-refractivity contribution in [2.45, 2.75) is 58.5 Å². The van der Waals surface area contributed by atoms with E-state index in [1.54, 1.807) is 18.3 Å². The number of hydrogen-bond donors (Lipinski definition) is 2. The average Bonchev–Trinajstić information content (AvgIpc) is 2.80. The van der Waals surface area contributed by atoms with E-state index in [9.17, 15) is 9.90 Å². The highest BCUT2D eigenvalue weighted by molar-refractivity contribution is 6.32. The third-order valence-electron chi connectivity index (χ3n) is 6.85. The maximum Gasteiger partial charge on any atom is 0.171 e. The summed E-state index contributed by atoms with van der Waals surface area (Å²) in [5.74, 6) is 0.131. The van der Waals surface area contributed by atoms with Gasteiger partial charge < -0.3 is 15.3 Å². The van der Waals surface area contributed by atoms with E-state index < -0.39 is 5.41 Å². The Kier molecular flexibility index (Phi) is 6.88. The van der Waals surface area contributed by atoms with Gasteiger partial charge in [0, 0.05) is 29.1 Å². The second kappa shape index (κ2) is 9.55. The highest BCUT2D eigenvalue weighted by Gasteiger charge is 2.29. The minimum Gasteiger partial charge on any atom is -0.506 e. The Labute approximate surface area is 207 Å². The van der Waals surface area contributed by atoms with E-state index in [2.05, 4.69) is 35.4 Å². The highest BCUT2D eigenvalue weighted by atomic mass is 35.5. The molecule has 180 valence electrons. The first-order valence-electron chi connectivity index (χ1n) is 11.9. The molecule has 1 fully saturated rings. The zero-order valence-electron chi connectivity index (χ0n) is 20.7. The first-order chi connectivity index (χ1) is 16.0. The van der Waals surface area contributed by atoms with Gasteiger partial charge in [-0.15, -0.1) is 0 Å². The Bertz CT molecular complexity index is 1210. The number of anilines is 1. The van der Waals surface area contributed by atoms with Crippen LogP contribution in [0, 0.1) is 5.41 Å². The molecule has 3 aromatic rings. The number of fused-ring (bicyclic) bond motifs is 1. The normalized spacial score (nSPS) is 18.9. The molecule has 34 heavy (non-hydrogen) atoms. The van der Waals surface area contributed by atoms with Gasteiger partial charge in [0.25, 0.3) is 0 Å². The molecule has 1 aliphatic rings. The van der Waals surface area contributed by atoms with Crippen LogP contribution in [0.5, 0.6) is 5.75 Å². The van der Waals surface area contributed by atoms with Crippen LogP contribution in [-0.2, 0) is 0 Å². The van der Waals surface area contributed by atoms with Crippen LogP contribution in [0.3, 0.4) is 0 Å². The average molecular weight is 480 g/mol. The third-order valence-corrected chi connectivity index (χ3v) is 7.15. The first kappa shape index (κ1) is 24.5. The molecule has 1 heterocycles. The number of phenolic OH excluding ortho intramolecular Hbond substituents is 1. The van der Waals surface area contributed by atoms with Crippen LogP contribution in [0.15, 0.2) is 42.6 Å². The molecule has 0 spiro atoms. The van der Waals surface area contributed by atoms with Crippen molar-refractivity contribution in [1.29, 1.82) is 0 Å². The molecule has 1 saturated carbocycles. The molecule has 0 amide bonds. The summed E-state index contributed by atoms with van der Waals surface area (Å²) in [6, 6.07) is 12.1. The number of hydrogen-bond acceptors (Lipinski definition) is 5. The summed E-state index contributed by atoms with van der Waals surface area (Å²) in [5.41, 5.74) is 3.67. The molecule has 4 rings (SSSR count). The minimum absolute atomic E-state index is 0.0571. The topological polar surface area (TPSA) is 65.5 Å². The van der Waals surface area contributed by atoms with E-state index in [4.69, 9.17) is 11.6 Å². The van der Waals surface area contributed by atoms with E-state index in [0.29, 0.717) is 22.7 Å². The lowest BCUT2D eigenvalue weighted by Gasteiger charge is -2.34. The molecule has 1 aliphatic carbocycles. The maximum atomic E-state index is 13.4. The van der Waals surface area contributed by atoms with E-state index in [-0.39, 0.29) is 11.5 Å². The van der Waals surface area contributed by atoms with Crippen LogP contribution in [-0.4, -0.2) is 47.0 Å². The molecule has 6 heteroatoms. The van der Waals surface area contributed by atoms with Crippen LogP contribution in [0.25, 0.3) is 22.0 Å². The second-order valence-corrected chi connectivity index (χ2v) is 11.0. The SMILES string of the molecule is CN(C)C1CCC(Nc2c(C(=O)C(C)(C)C)cnc3ccc(-c4ccc(O)c(Cl)c4)cc23)CC1. The van der Waals surface area contributed by atoms with Crippen LogP contribution < -0.4 is 5.32 Å². The van der Waals surface area contributed by atoms with Crippen molar-refractivity contribution in [2.24, 2.45) is 5.41 Å². The predicted molar refractivity (Wildman–Crippen MR) is 141 cm³/mol. The van der Waals surface area contributed by atoms with Crippen molar-refractivity contribution in [3.63, 3.8) is 0 Å². The fourth-order valence-corrected chi connectivity index (χ4v) is 4.91. The second-order valence-electron chi connectivity index (χ2n) is 10.6. The van der Waals surface area contributed by atoms with E-state index in [1.807, 2.05) is 39.0 Å². The number of nitrogens with one attached hydrogen (secondary N) is 1. The molecule has 0 saturated heterocycles. The maximum absolute atomic E-state index is 13.4. The summed E-state index contributed by atoms with van der Waals surface area (Å²) >= 11 is 6.17. The number of carbonyl (C=O) groups excluding carboxylic acids is 1. The molecule has 5 nitrogen and oxygen atoms in total. The van der Waals surface area contributed by atoms with E-state index >= 15 is 0 Å². The van der Waals surface area contributed by atoms with Crippen LogP contribution >= 0.6 is 11.6 Å². The lowest BCUT2D eigenvalue weighted by atomic mass is 9.85. The number of benzene rings is 2. The van der Waals surface area contributed by atoms with Gasteiger partial charge in [-0.3, -0.25) is 9.78 Å². The Hall–Kier alpha value is -2.63. The number of Topliss-reactive ketones (excluding diaryl/α,β-unsaturated/α-hetero) is 1. The molecule has 0 bridgehead atoms. The zero-order valence-corrected chi connectivity index (χ0v) is 21.4. The van der Waals surface area contributed by atoms with Gasteiger partial charge >= 0.3 is 0 Å². The van der Waals surface area contributed by atoms with Gasteiger partial charge in [-0.05, 0) is 75.2 Å². The third kappa shape index (κ3) is 5.06. The Morgan fingerprint density at radius 2 is 1.71 bits per heavy atom. The van der Waals surface area contributed by atoms with Crippen molar-refractivity contribution >= 4 is 34.0 Å². The smallest absolute Gasteiger partial charge is 0.171 e. The Morgan fingerprint density at radius 1 is 1.06 bits per heavy atom. The number of phenols is 1. The number of carbonyl (C=O) groups is 1. The van der Waals surface area contributed by atoms with Crippen molar-refractivity contribution in [1.82, 2.24) is 9.88 Å². The fraction of sp³-hybridized carbons (Fsp3) is 0.429. The first-order valence-corrected chi connectivity index (χ1v) is 12.3. The number of ketones is 1. The molecular weight excluding hydrogens is 446 g/mol. The van der Waals surface area contributed by atoms with Crippen molar-refractivity contribution in [3.8, 4) is 16.9 Å². The molecule has 2 aromatic carbocycles. The summed E-state index contributed by atoms with van der Waals surface area (Å²) in [6.45, 7) is 5.83. The summed E-state index contributed by atoms with van der Waals surface area (Å²) < 4.78 is 0. The molecule has 0 radical (unpaired) electrons. The number of rotatable bonds is 5. The van der Waals surface area contributed by atoms with E-state index in [1.165, 1.54) is 0 Å². The van der Waals surface area contributed by atoms with Crippen LogP contribution in [0.2, 0.25) is 5.02 Å². The number of aromatic nitrogens is 1. The van der Waals surface area contributed by atoms with Crippen LogP contribution in [0.4, 0.5) is 5.69 Å². The zero-order chi connectivity index (χ0) is 24.6. The van der Waals surface area contributed by atoms with Gasteiger partial charge in [0.1, 0.15) is 5.75 Å². The Morgan fingerprint density at radius 3 is 2.32 bits per heavy atom. The van der Waals surface area contributed by atoms with Crippen molar-refractivity contribution in [2.75, 3.05) is 19.4 Å². The summed E-state index contributed by atoms with van der Waals surface area (Å²) in [6.07, 6.45) is 6.11. The van der Waals surface area contributed by atoms with Gasteiger partial charge in [-0.1, -0.05) is 44.5 Å². The standard InChI is InChI=1S/C28H34ClN3O2/c1-28(2,3)27(34)22-16-30-24-12-6-17(18-7-13-25(33)23(29)15-18)14-21(24)26(22)31-19-8-10-20(11-9-19)32(4)5/h6-7,12-16,19-20,33H,8-11H2,1-5H3,(H,30,31).